The normalized spacial score (nSPS) is 19.3. The van der Waals surface area contributed by atoms with Gasteiger partial charge in [-0.1, -0.05) is 31.0 Å². The molecule has 2 saturated carbocycles. The van der Waals surface area contributed by atoms with Gasteiger partial charge < -0.3 is 15.0 Å². The Bertz CT molecular complexity index is 1310. The number of thiazole rings is 1. The first-order valence-corrected chi connectivity index (χ1v) is 14.5. The van der Waals surface area contributed by atoms with Gasteiger partial charge >= 0.3 is 0 Å². The number of carbonyl (C=O) groups is 2. The van der Waals surface area contributed by atoms with Gasteiger partial charge in [0.25, 0.3) is 5.91 Å². The van der Waals surface area contributed by atoms with Crippen molar-refractivity contribution in [1.82, 2.24) is 15.2 Å². The van der Waals surface area contributed by atoms with Gasteiger partial charge in [0.15, 0.2) is 0 Å². The SMILES string of the molecule is O=C(NCC1CC1)c1csc(COc2ccc3c(c2)C(c2ccc(F)cc2)N(C(=O)C2CCCC2)CC3)n1. The van der Waals surface area contributed by atoms with Crippen molar-refractivity contribution in [2.45, 2.75) is 57.6 Å². The van der Waals surface area contributed by atoms with Gasteiger partial charge in [-0.15, -0.1) is 11.3 Å². The van der Waals surface area contributed by atoms with Gasteiger partial charge in [-0.25, -0.2) is 9.37 Å². The molecular weight excluding hydrogens is 501 g/mol. The summed E-state index contributed by atoms with van der Waals surface area (Å²) in [7, 11) is 0. The summed E-state index contributed by atoms with van der Waals surface area (Å²) in [5, 5.41) is 5.45. The van der Waals surface area contributed by atoms with Crippen molar-refractivity contribution in [1.29, 1.82) is 0 Å². The maximum absolute atomic E-state index is 13.8. The number of benzene rings is 2. The molecule has 6 rings (SSSR count). The molecule has 2 heterocycles. The van der Waals surface area contributed by atoms with Crippen LogP contribution in [-0.4, -0.2) is 34.8 Å². The highest BCUT2D eigenvalue weighted by Gasteiger charge is 2.36. The first-order valence-electron chi connectivity index (χ1n) is 13.6. The van der Waals surface area contributed by atoms with Crippen molar-refractivity contribution in [3.63, 3.8) is 0 Å². The number of fused-ring (bicyclic) bond motifs is 1. The summed E-state index contributed by atoms with van der Waals surface area (Å²) in [6, 6.07) is 12.2. The first-order chi connectivity index (χ1) is 18.5. The minimum absolute atomic E-state index is 0.0690. The molecule has 1 unspecified atom stereocenters. The number of carbonyl (C=O) groups excluding carboxylic acids is 2. The number of nitrogens with one attached hydrogen (secondary N) is 1. The van der Waals surface area contributed by atoms with Crippen molar-refractivity contribution in [2.24, 2.45) is 11.8 Å². The van der Waals surface area contributed by atoms with E-state index in [-0.39, 0.29) is 36.2 Å². The topological polar surface area (TPSA) is 71.5 Å². The van der Waals surface area contributed by atoms with Gasteiger partial charge in [0.05, 0.1) is 6.04 Å². The van der Waals surface area contributed by atoms with Crippen LogP contribution in [0.25, 0.3) is 0 Å². The summed E-state index contributed by atoms with van der Waals surface area (Å²) in [6.07, 6.45) is 7.22. The third-order valence-electron chi connectivity index (χ3n) is 7.91. The molecular formula is C30H32FN3O3S. The Kier molecular flexibility index (Phi) is 7.15. The molecule has 1 aliphatic heterocycles. The monoisotopic (exact) mass is 533 g/mol. The van der Waals surface area contributed by atoms with E-state index in [1.807, 2.05) is 17.0 Å². The Labute approximate surface area is 226 Å². The van der Waals surface area contributed by atoms with E-state index in [0.29, 0.717) is 30.5 Å². The molecule has 6 nitrogen and oxygen atoms in total. The molecule has 38 heavy (non-hydrogen) atoms. The van der Waals surface area contributed by atoms with Crippen molar-refractivity contribution in [3.8, 4) is 5.75 Å². The molecule has 2 fully saturated rings. The number of ether oxygens (including phenoxy) is 1. The van der Waals surface area contributed by atoms with Crippen LogP contribution < -0.4 is 10.1 Å². The van der Waals surface area contributed by atoms with Crippen LogP contribution in [0.3, 0.4) is 0 Å². The number of halogens is 1. The fourth-order valence-corrected chi connectivity index (χ4v) is 6.29. The molecule has 0 saturated heterocycles. The summed E-state index contributed by atoms with van der Waals surface area (Å²) in [5.41, 5.74) is 3.52. The van der Waals surface area contributed by atoms with Gasteiger partial charge in [-0.05, 0) is 79.0 Å². The Morgan fingerprint density at radius 2 is 1.87 bits per heavy atom. The summed E-state index contributed by atoms with van der Waals surface area (Å²) < 4.78 is 19.9. The lowest BCUT2D eigenvalue weighted by Crippen LogP contribution is -2.43. The number of rotatable bonds is 8. The van der Waals surface area contributed by atoms with Crippen LogP contribution in [0.1, 0.15) is 76.8 Å². The number of nitrogens with zero attached hydrogens (tertiary/aromatic N) is 2. The molecule has 0 bridgehead atoms. The maximum atomic E-state index is 13.8. The van der Waals surface area contributed by atoms with Gasteiger partial charge in [0.1, 0.15) is 28.9 Å². The zero-order valence-corrected chi connectivity index (χ0v) is 22.1. The van der Waals surface area contributed by atoms with E-state index in [0.717, 1.165) is 48.2 Å². The van der Waals surface area contributed by atoms with Crippen molar-refractivity contribution in [2.75, 3.05) is 13.1 Å². The Morgan fingerprint density at radius 1 is 1.08 bits per heavy atom. The smallest absolute Gasteiger partial charge is 0.270 e. The Hall–Kier alpha value is -3.26. The number of hydrogen-bond acceptors (Lipinski definition) is 5. The fourth-order valence-electron chi connectivity index (χ4n) is 5.61. The van der Waals surface area contributed by atoms with Crippen LogP contribution in [-0.2, 0) is 17.8 Å². The molecule has 1 aromatic heterocycles. The summed E-state index contributed by atoms with van der Waals surface area (Å²) in [6.45, 7) is 1.62. The highest BCUT2D eigenvalue weighted by molar-refractivity contribution is 7.09. The second-order valence-electron chi connectivity index (χ2n) is 10.6. The molecule has 198 valence electrons. The quantitative estimate of drug-likeness (QED) is 0.405. The summed E-state index contributed by atoms with van der Waals surface area (Å²) >= 11 is 1.41. The minimum atomic E-state index is -0.292. The van der Waals surface area contributed by atoms with E-state index >= 15 is 0 Å². The first kappa shape index (κ1) is 25.0. The van der Waals surface area contributed by atoms with Crippen LogP contribution in [0.15, 0.2) is 47.8 Å². The summed E-state index contributed by atoms with van der Waals surface area (Å²) in [4.78, 5) is 32.4. The lowest BCUT2D eigenvalue weighted by molar-refractivity contribution is -0.137. The molecule has 1 atom stereocenters. The van der Waals surface area contributed by atoms with Crippen LogP contribution in [0, 0.1) is 17.7 Å². The van der Waals surface area contributed by atoms with Gasteiger partial charge in [-0.2, -0.15) is 0 Å². The number of amides is 2. The highest BCUT2D eigenvalue weighted by Crippen LogP contribution is 2.40. The van der Waals surface area contributed by atoms with Crippen LogP contribution in [0.2, 0.25) is 0 Å². The zero-order valence-electron chi connectivity index (χ0n) is 21.3. The third kappa shape index (κ3) is 5.46. The standard InChI is InChI=1S/C30H32FN3O3S/c31-23-10-7-21(8-11-23)28-25-15-24(12-9-20(25)13-14-34(28)30(36)22-3-1-2-4-22)37-17-27-33-26(18-38-27)29(35)32-16-19-5-6-19/h7-12,15,18-19,22,28H,1-6,13-14,16-17H2,(H,32,35). The molecule has 0 spiro atoms. The molecule has 1 N–H and O–H groups in total. The molecule has 2 aliphatic carbocycles. The average molecular weight is 534 g/mol. The summed E-state index contributed by atoms with van der Waals surface area (Å²) in [5.74, 6) is 1.14. The number of aromatic nitrogens is 1. The Balaban J connectivity index is 1.21. The van der Waals surface area contributed by atoms with Crippen molar-refractivity contribution >= 4 is 23.2 Å². The largest absolute Gasteiger partial charge is 0.486 e. The lowest BCUT2D eigenvalue weighted by atomic mass is 9.87. The maximum Gasteiger partial charge on any atom is 0.270 e. The fraction of sp³-hybridized carbons (Fsp3) is 0.433. The van der Waals surface area contributed by atoms with Crippen molar-refractivity contribution < 1.29 is 18.7 Å². The Morgan fingerprint density at radius 3 is 2.63 bits per heavy atom. The van der Waals surface area contributed by atoms with Gasteiger partial charge in [-0.3, -0.25) is 9.59 Å². The minimum Gasteiger partial charge on any atom is -0.486 e. The van der Waals surface area contributed by atoms with E-state index in [1.165, 1.54) is 41.9 Å². The third-order valence-corrected chi connectivity index (χ3v) is 8.74. The predicted octanol–water partition coefficient (Wildman–Crippen LogP) is 5.67. The lowest BCUT2D eigenvalue weighted by Gasteiger charge is -2.39. The zero-order chi connectivity index (χ0) is 26.1. The van der Waals surface area contributed by atoms with E-state index in [9.17, 15) is 14.0 Å². The highest BCUT2D eigenvalue weighted by atomic mass is 32.1. The van der Waals surface area contributed by atoms with Crippen LogP contribution in [0.5, 0.6) is 5.75 Å². The molecule has 0 radical (unpaired) electrons. The van der Waals surface area contributed by atoms with E-state index in [2.05, 4.69) is 16.4 Å². The average Bonchev–Trinajstić information content (AvgIpc) is 3.38. The van der Waals surface area contributed by atoms with Gasteiger partial charge in [0.2, 0.25) is 5.91 Å². The predicted molar refractivity (Wildman–Crippen MR) is 144 cm³/mol. The van der Waals surface area contributed by atoms with E-state index < -0.39 is 0 Å². The molecule has 2 aromatic carbocycles. The molecule has 8 heteroatoms. The van der Waals surface area contributed by atoms with E-state index in [4.69, 9.17) is 4.74 Å². The molecule has 3 aliphatic rings. The van der Waals surface area contributed by atoms with Crippen LogP contribution >= 0.6 is 11.3 Å². The molecule has 2 amide bonds. The second kappa shape index (κ2) is 10.8. The van der Waals surface area contributed by atoms with E-state index in [1.54, 1.807) is 17.5 Å². The van der Waals surface area contributed by atoms with Crippen molar-refractivity contribution in [3.05, 3.63) is 81.1 Å². The number of hydrogen-bond donors (Lipinski definition) is 1. The van der Waals surface area contributed by atoms with Gasteiger partial charge in [0, 0.05) is 24.4 Å². The second-order valence-corrected chi connectivity index (χ2v) is 11.6. The molecule has 3 aromatic rings. The van der Waals surface area contributed by atoms with Crippen LogP contribution in [0.4, 0.5) is 4.39 Å².